The van der Waals surface area contributed by atoms with Gasteiger partial charge in [0.2, 0.25) is 0 Å². The second kappa shape index (κ2) is 6.72. The predicted octanol–water partition coefficient (Wildman–Crippen LogP) is 0.739. The van der Waals surface area contributed by atoms with Crippen molar-refractivity contribution < 1.29 is 8.42 Å². The number of benzene rings is 1. The Bertz CT molecular complexity index is 455. The third kappa shape index (κ3) is 5.03. The molecule has 0 aliphatic rings. The van der Waals surface area contributed by atoms with E-state index in [4.69, 9.17) is 0 Å². The molecule has 2 N–H and O–H groups in total. The van der Waals surface area contributed by atoms with Crippen molar-refractivity contribution in [2.45, 2.75) is 13.3 Å². The number of anilines is 1. The lowest BCUT2D eigenvalue weighted by Gasteiger charge is -2.12. The van der Waals surface area contributed by atoms with Crippen LogP contribution < -0.4 is 14.3 Å². The summed E-state index contributed by atoms with van der Waals surface area (Å²) in [4.78, 5) is 2.03. The lowest BCUT2D eigenvalue weighted by Crippen LogP contribution is -2.37. The van der Waals surface area contributed by atoms with Crippen molar-refractivity contribution in [3.05, 3.63) is 29.8 Å². The molecule has 0 amide bonds. The van der Waals surface area contributed by atoms with E-state index >= 15 is 0 Å². The quantitative estimate of drug-likeness (QED) is 0.769. The van der Waals surface area contributed by atoms with Crippen molar-refractivity contribution in [1.82, 2.24) is 9.44 Å². The zero-order valence-electron chi connectivity index (χ0n) is 11.1. The van der Waals surface area contributed by atoms with Crippen LogP contribution in [-0.2, 0) is 16.6 Å². The summed E-state index contributed by atoms with van der Waals surface area (Å²) in [6.07, 6.45) is 0.679. The van der Waals surface area contributed by atoms with Gasteiger partial charge in [-0.15, -0.1) is 0 Å². The summed E-state index contributed by atoms with van der Waals surface area (Å²) in [5, 5.41) is 0. The highest BCUT2D eigenvalue weighted by molar-refractivity contribution is 7.87. The zero-order valence-corrected chi connectivity index (χ0v) is 11.9. The Hall–Kier alpha value is -1.11. The van der Waals surface area contributed by atoms with E-state index in [0.717, 1.165) is 11.3 Å². The van der Waals surface area contributed by atoms with Crippen LogP contribution in [0.1, 0.15) is 12.5 Å². The van der Waals surface area contributed by atoms with Gasteiger partial charge in [0.1, 0.15) is 0 Å². The molecule has 0 aromatic heterocycles. The van der Waals surface area contributed by atoms with Crippen LogP contribution in [0.4, 0.5) is 5.69 Å². The summed E-state index contributed by atoms with van der Waals surface area (Å²) in [7, 11) is 0.640. The van der Waals surface area contributed by atoms with Crippen molar-refractivity contribution in [3.8, 4) is 0 Å². The normalized spacial score (nSPS) is 11.5. The molecule has 18 heavy (non-hydrogen) atoms. The smallest absolute Gasteiger partial charge is 0.276 e. The SMILES string of the molecule is CCNS(=O)(=O)NCCc1ccc(N(C)C)cc1. The molecular formula is C12H21N3O2S. The standard InChI is InChI=1S/C12H21N3O2S/c1-4-13-18(16,17)14-10-9-11-5-7-12(8-6-11)15(2)3/h5-8,13-14H,4,9-10H2,1-3H3. The minimum atomic E-state index is -3.33. The number of nitrogens with one attached hydrogen (secondary N) is 2. The summed E-state index contributed by atoms with van der Waals surface area (Å²) in [6, 6.07) is 8.07. The Morgan fingerprint density at radius 2 is 1.72 bits per heavy atom. The second-order valence-corrected chi connectivity index (χ2v) is 5.79. The molecule has 6 heteroatoms. The maximum Gasteiger partial charge on any atom is 0.276 e. The van der Waals surface area contributed by atoms with Crippen molar-refractivity contribution >= 4 is 15.9 Å². The summed E-state index contributed by atoms with van der Waals surface area (Å²) in [6.45, 7) is 2.54. The molecule has 0 spiro atoms. The largest absolute Gasteiger partial charge is 0.378 e. The first-order chi connectivity index (χ1) is 8.44. The van der Waals surface area contributed by atoms with Crippen LogP contribution in [-0.4, -0.2) is 35.6 Å². The highest BCUT2D eigenvalue weighted by Crippen LogP contribution is 2.12. The summed E-state index contributed by atoms with van der Waals surface area (Å²) in [5.41, 5.74) is 2.24. The van der Waals surface area contributed by atoms with Crippen LogP contribution in [0.2, 0.25) is 0 Å². The van der Waals surface area contributed by atoms with Crippen molar-refractivity contribution in [3.63, 3.8) is 0 Å². The molecule has 0 saturated carbocycles. The summed E-state index contributed by atoms with van der Waals surface area (Å²) >= 11 is 0. The highest BCUT2D eigenvalue weighted by atomic mass is 32.2. The monoisotopic (exact) mass is 271 g/mol. The third-order valence-electron chi connectivity index (χ3n) is 2.49. The van der Waals surface area contributed by atoms with E-state index in [0.29, 0.717) is 19.5 Å². The Kier molecular flexibility index (Phi) is 5.58. The van der Waals surface area contributed by atoms with E-state index in [9.17, 15) is 8.42 Å². The fourth-order valence-corrected chi connectivity index (χ4v) is 2.38. The molecule has 0 radical (unpaired) electrons. The molecule has 1 aromatic rings. The van der Waals surface area contributed by atoms with E-state index in [1.54, 1.807) is 6.92 Å². The van der Waals surface area contributed by atoms with E-state index in [2.05, 4.69) is 9.44 Å². The molecule has 1 rings (SSSR count). The van der Waals surface area contributed by atoms with E-state index in [1.165, 1.54) is 0 Å². The predicted molar refractivity (Wildman–Crippen MR) is 75.1 cm³/mol. The zero-order chi connectivity index (χ0) is 13.6. The van der Waals surface area contributed by atoms with Crippen LogP contribution in [0.15, 0.2) is 24.3 Å². The van der Waals surface area contributed by atoms with Gasteiger partial charge >= 0.3 is 0 Å². The maximum atomic E-state index is 11.3. The number of nitrogens with zero attached hydrogens (tertiary/aromatic N) is 1. The average Bonchev–Trinajstić information content (AvgIpc) is 2.29. The van der Waals surface area contributed by atoms with Crippen LogP contribution >= 0.6 is 0 Å². The van der Waals surface area contributed by atoms with Gasteiger partial charge in [-0.3, -0.25) is 0 Å². The molecule has 0 aliphatic heterocycles. The Morgan fingerprint density at radius 1 is 1.11 bits per heavy atom. The first-order valence-electron chi connectivity index (χ1n) is 5.95. The third-order valence-corrected chi connectivity index (χ3v) is 3.75. The van der Waals surface area contributed by atoms with Crippen molar-refractivity contribution in [2.75, 3.05) is 32.1 Å². The van der Waals surface area contributed by atoms with Crippen LogP contribution in [0.5, 0.6) is 0 Å². The van der Waals surface area contributed by atoms with Gasteiger partial charge in [0.05, 0.1) is 0 Å². The molecule has 0 saturated heterocycles. The van der Waals surface area contributed by atoms with Crippen LogP contribution in [0.3, 0.4) is 0 Å². The molecule has 0 heterocycles. The summed E-state index contributed by atoms with van der Waals surface area (Å²) in [5.74, 6) is 0. The second-order valence-electron chi connectivity index (χ2n) is 4.21. The average molecular weight is 271 g/mol. The van der Waals surface area contributed by atoms with Gasteiger partial charge in [0, 0.05) is 32.9 Å². The lowest BCUT2D eigenvalue weighted by molar-refractivity contribution is 0.569. The summed E-state index contributed by atoms with van der Waals surface area (Å²) < 4.78 is 27.6. The maximum absolute atomic E-state index is 11.3. The van der Waals surface area contributed by atoms with Crippen LogP contribution in [0.25, 0.3) is 0 Å². The fourth-order valence-electron chi connectivity index (χ4n) is 1.53. The molecule has 102 valence electrons. The van der Waals surface area contributed by atoms with Gasteiger partial charge in [0.15, 0.2) is 0 Å². The van der Waals surface area contributed by atoms with Gasteiger partial charge in [-0.25, -0.2) is 9.44 Å². The van der Waals surface area contributed by atoms with Gasteiger partial charge in [0.25, 0.3) is 10.2 Å². The molecular weight excluding hydrogens is 250 g/mol. The lowest BCUT2D eigenvalue weighted by atomic mass is 10.1. The van der Waals surface area contributed by atoms with Crippen molar-refractivity contribution in [1.29, 1.82) is 0 Å². The topological polar surface area (TPSA) is 61.4 Å². The Balaban J connectivity index is 2.45. The van der Waals surface area contributed by atoms with Crippen LogP contribution in [0, 0.1) is 0 Å². The molecule has 5 nitrogen and oxygen atoms in total. The molecule has 0 aliphatic carbocycles. The van der Waals surface area contributed by atoms with E-state index in [-0.39, 0.29) is 0 Å². The first-order valence-corrected chi connectivity index (χ1v) is 7.43. The minimum Gasteiger partial charge on any atom is -0.378 e. The van der Waals surface area contributed by atoms with Gasteiger partial charge in [-0.05, 0) is 24.1 Å². The molecule has 0 bridgehead atoms. The van der Waals surface area contributed by atoms with Gasteiger partial charge in [-0.1, -0.05) is 19.1 Å². The highest BCUT2D eigenvalue weighted by Gasteiger charge is 2.06. The van der Waals surface area contributed by atoms with Gasteiger partial charge < -0.3 is 4.90 Å². The minimum absolute atomic E-state index is 0.396. The number of hydrogen-bond donors (Lipinski definition) is 2. The van der Waals surface area contributed by atoms with Crippen molar-refractivity contribution in [2.24, 2.45) is 0 Å². The van der Waals surface area contributed by atoms with Gasteiger partial charge in [-0.2, -0.15) is 8.42 Å². The van der Waals surface area contributed by atoms with E-state index in [1.807, 2.05) is 43.3 Å². The Morgan fingerprint density at radius 3 is 2.22 bits per heavy atom. The molecule has 1 aromatic carbocycles. The fraction of sp³-hybridized carbons (Fsp3) is 0.500. The number of hydrogen-bond acceptors (Lipinski definition) is 3. The molecule has 0 fully saturated rings. The molecule has 0 unspecified atom stereocenters. The number of rotatable bonds is 7. The first kappa shape index (κ1) is 14.9. The Labute approximate surface area is 109 Å². The van der Waals surface area contributed by atoms with E-state index < -0.39 is 10.2 Å². The molecule has 0 atom stereocenters.